The van der Waals surface area contributed by atoms with Crippen LogP contribution in [0.25, 0.3) is 0 Å². The van der Waals surface area contributed by atoms with E-state index in [9.17, 15) is 4.79 Å². The summed E-state index contributed by atoms with van der Waals surface area (Å²) in [6.07, 6.45) is 10.4. The zero-order valence-electron chi connectivity index (χ0n) is 18.2. The van der Waals surface area contributed by atoms with E-state index in [0.717, 1.165) is 30.4 Å². The molecular formula is C24H41N2O+. The number of anilines is 1. The average Bonchev–Trinajstić information content (AvgIpc) is 2.65. The fourth-order valence-electron chi connectivity index (χ4n) is 3.48. The summed E-state index contributed by atoms with van der Waals surface area (Å²) >= 11 is 0. The van der Waals surface area contributed by atoms with Gasteiger partial charge in [-0.25, -0.2) is 0 Å². The first kappa shape index (κ1) is 23.4. The third-order valence-electron chi connectivity index (χ3n) is 5.33. The lowest BCUT2D eigenvalue weighted by Gasteiger charge is -2.30. The Kier molecular flexibility index (Phi) is 11.0. The van der Waals surface area contributed by atoms with E-state index >= 15 is 0 Å². The largest absolute Gasteiger partial charge is 0.375 e. The molecule has 0 spiro atoms. The Morgan fingerprint density at radius 1 is 1.04 bits per heavy atom. The van der Waals surface area contributed by atoms with Crippen molar-refractivity contribution >= 4 is 11.5 Å². The minimum Gasteiger partial charge on any atom is -0.375 e. The summed E-state index contributed by atoms with van der Waals surface area (Å²) in [5.74, 6) is 0.172. The molecule has 3 nitrogen and oxygen atoms in total. The molecule has 1 rings (SSSR count). The summed E-state index contributed by atoms with van der Waals surface area (Å²) in [5, 5.41) is 0. The van der Waals surface area contributed by atoms with Crippen LogP contribution in [-0.2, 0) is 11.2 Å². The molecule has 0 radical (unpaired) electrons. The van der Waals surface area contributed by atoms with Gasteiger partial charge in [-0.1, -0.05) is 25.6 Å². The lowest BCUT2D eigenvalue weighted by Crippen LogP contribution is -2.41. The third kappa shape index (κ3) is 10.3. The Labute approximate surface area is 167 Å². The van der Waals surface area contributed by atoms with Gasteiger partial charge in [0.2, 0.25) is 0 Å². The molecule has 0 aliphatic carbocycles. The molecule has 0 aliphatic heterocycles. The number of benzene rings is 1. The van der Waals surface area contributed by atoms with E-state index in [-0.39, 0.29) is 5.78 Å². The van der Waals surface area contributed by atoms with Crippen LogP contribution in [0.3, 0.4) is 0 Å². The molecule has 0 unspecified atom stereocenters. The summed E-state index contributed by atoms with van der Waals surface area (Å²) < 4.78 is 1.06. The molecule has 0 aromatic heterocycles. The maximum atomic E-state index is 11.3. The van der Waals surface area contributed by atoms with Crippen LogP contribution < -0.4 is 4.90 Å². The summed E-state index contributed by atoms with van der Waals surface area (Å²) in [5.41, 5.74) is 2.76. The minimum atomic E-state index is 0.172. The Bertz CT molecular complexity index is 548. The van der Waals surface area contributed by atoms with Crippen LogP contribution in [0.2, 0.25) is 0 Å². The Morgan fingerprint density at radius 3 is 2.26 bits per heavy atom. The van der Waals surface area contributed by atoms with Crippen molar-refractivity contribution in [3.63, 3.8) is 0 Å². The maximum Gasteiger partial charge on any atom is 0.155 e. The van der Waals surface area contributed by atoms with Crippen LogP contribution in [0.15, 0.2) is 36.9 Å². The van der Waals surface area contributed by atoms with Gasteiger partial charge in [0.15, 0.2) is 5.78 Å². The Morgan fingerprint density at radius 2 is 1.67 bits per heavy atom. The number of ketones is 1. The molecule has 0 fully saturated rings. The number of carbonyl (C=O) groups excluding carboxylic acids is 1. The molecule has 152 valence electrons. The number of allylic oxidation sites excluding steroid dienone is 1. The minimum absolute atomic E-state index is 0.172. The SMILES string of the molecule is C=CC(=O)CCCC[N+](C)(C)CCCCCc1ccc(N(C)CCC)cc1. The number of rotatable bonds is 15. The van der Waals surface area contributed by atoms with Gasteiger partial charge in [-0.05, 0) is 68.7 Å². The number of quaternary nitrogens is 1. The molecule has 0 N–H and O–H groups in total. The molecule has 0 atom stereocenters. The predicted octanol–water partition coefficient (Wildman–Crippen LogP) is 5.25. The van der Waals surface area contributed by atoms with E-state index in [0.29, 0.717) is 6.42 Å². The molecular weight excluding hydrogens is 332 g/mol. The second-order valence-electron chi connectivity index (χ2n) is 8.41. The maximum absolute atomic E-state index is 11.3. The van der Waals surface area contributed by atoms with Crippen LogP contribution in [0.5, 0.6) is 0 Å². The van der Waals surface area contributed by atoms with Crippen LogP contribution in [0.4, 0.5) is 5.69 Å². The number of unbranched alkanes of at least 4 members (excludes halogenated alkanes) is 3. The number of hydrogen-bond donors (Lipinski definition) is 0. The van der Waals surface area contributed by atoms with Crippen LogP contribution in [0, 0.1) is 0 Å². The molecule has 27 heavy (non-hydrogen) atoms. The molecule has 1 aromatic rings. The molecule has 0 amide bonds. The van der Waals surface area contributed by atoms with Crippen LogP contribution in [-0.4, -0.2) is 51.0 Å². The highest BCUT2D eigenvalue weighted by Crippen LogP contribution is 2.16. The van der Waals surface area contributed by atoms with E-state index in [1.54, 1.807) is 0 Å². The smallest absolute Gasteiger partial charge is 0.155 e. The van der Waals surface area contributed by atoms with E-state index < -0.39 is 0 Å². The van der Waals surface area contributed by atoms with Gasteiger partial charge >= 0.3 is 0 Å². The topological polar surface area (TPSA) is 20.3 Å². The van der Waals surface area contributed by atoms with Gasteiger partial charge in [0.25, 0.3) is 0 Å². The van der Waals surface area contributed by atoms with Crippen LogP contribution in [0.1, 0.15) is 57.4 Å². The van der Waals surface area contributed by atoms with Crippen molar-refractivity contribution in [2.75, 3.05) is 45.7 Å². The number of carbonyl (C=O) groups is 1. The highest BCUT2D eigenvalue weighted by Gasteiger charge is 2.14. The van der Waals surface area contributed by atoms with Gasteiger partial charge in [0.1, 0.15) is 0 Å². The lowest BCUT2D eigenvalue weighted by molar-refractivity contribution is -0.890. The molecule has 0 heterocycles. The van der Waals surface area contributed by atoms with Crippen molar-refractivity contribution in [1.29, 1.82) is 0 Å². The van der Waals surface area contributed by atoms with Crippen LogP contribution >= 0.6 is 0 Å². The summed E-state index contributed by atoms with van der Waals surface area (Å²) in [7, 11) is 6.78. The fourth-order valence-corrected chi connectivity index (χ4v) is 3.48. The summed E-state index contributed by atoms with van der Waals surface area (Å²) in [4.78, 5) is 13.6. The van der Waals surface area contributed by atoms with Crippen molar-refractivity contribution in [2.24, 2.45) is 0 Å². The molecule has 0 saturated heterocycles. The Balaban J connectivity index is 2.18. The third-order valence-corrected chi connectivity index (χ3v) is 5.33. The standard InChI is InChI=1S/C24H41N2O/c1-6-19-25(3)23-17-15-22(16-18-23)13-9-8-11-20-26(4,5)21-12-10-14-24(27)7-2/h7,15-18H,2,6,8-14,19-21H2,1,3-5H3/q+1. The summed E-state index contributed by atoms with van der Waals surface area (Å²) in [6.45, 7) is 9.23. The molecule has 0 saturated carbocycles. The van der Waals surface area contributed by atoms with Crippen molar-refractivity contribution in [3.05, 3.63) is 42.5 Å². The molecule has 1 aromatic carbocycles. The van der Waals surface area contributed by atoms with Gasteiger partial charge in [-0.3, -0.25) is 4.79 Å². The van der Waals surface area contributed by atoms with Crippen molar-refractivity contribution in [1.82, 2.24) is 0 Å². The van der Waals surface area contributed by atoms with E-state index in [1.807, 2.05) is 0 Å². The highest BCUT2D eigenvalue weighted by molar-refractivity contribution is 5.88. The second kappa shape index (κ2) is 12.7. The van der Waals surface area contributed by atoms with Crippen molar-refractivity contribution in [3.8, 4) is 0 Å². The highest BCUT2D eigenvalue weighted by atomic mass is 16.1. The monoisotopic (exact) mass is 373 g/mol. The van der Waals surface area contributed by atoms with E-state index in [1.165, 1.54) is 56.0 Å². The average molecular weight is 374 g/mol. The molecule has 0 aliphatic rings. The van der Waals surface area contributed by atoms with Gasteiger partial charge in [0, 0.05) is 25.7 Å². The lowest BCUT2D eigenvalue weighted by atomic mass is 10.1. The van der Waals surface area contributed by atoms with E-state index in [4.69, 9.17) is 0 Å². The Hall–Kier alpha value is -1.61. The zero-order valence-corrected chi connectivity index (χ0v) is 18.2. The number of nitrogens with zero attached hydrogens (tertiary/aromatic N) is 2. The second-order valence-corrected chi connectivity index (χ2v) is 8.41. The van der Waals surface area contributed by atoms with Crippen molar-refractivity contribution < 1.29 is 9.28 Å². The molecule has 0 bridgehead atoms. The quantitative estimate of drug-likeness (QED) is 0.238. The zero-order chi connectivity index (χ0) is 20.1. The van der Waals surface area contributed by atoms with Gasteiger partial charge in [0.05, 0.1) is 27.2 Å². The molecule has 3 heteroatoms. The van der Waals surface area contributed by atoms with Crippen molar-refractivity contribution in [2.45, 2.75) is 58.3 Å². The van der Waals surface area contributed by atoms with E-state index in [2.05, 4.69) is 63.8 Å². The predicted molar refractivity (Wildman–Crippen MR) is 118 cm³/mol. The number of aryl methyl sites for hydroxylation is 1. The first-order chi connectivity index (χ1) is 12.9. The van der Waals surface area contributed by atoms with Gasteiger partial charge in [-0.15, -0.1) is 0 Å². The first-order valence-corrected chi connectivity index (χ1v) is 10.7. The summed E-state index contributed by atoms with van der Waals surface area (Å²) in [6, 6.07) is 9.07. The first-order valence-electron chi connectivity index (χ1n) is 10.7. The normalized spacial score (nSPS) is 11.4. The number of hydrogen-bond acceptors (Lipinski definition) is 2. The van der Waals surface area contributed by atoms with Gasteiger partial charge in [-0.2, -0.15) is 0 Å². The van der Waals surface area contributed by atoms with Gasteiger partial charge < -0.3 is 9.38 Å². The fraction of sp³-hybridized carbons (Fsp3) is 0.625.